The number of anilines is 1. The number of hydrogen-bond acceptors (Lipinski definition) is 14. The zero-order valence-electron chi connectivity index (χ0n) is 30.5. The Hall–Kier alpha value is -4.57. The van der Waals surface area contributed by atoms with E-state index in [0.29, 0.717) is 24.5 Å². The predicted octanol–water partition coefficient (Wildman–Crippen LogP) is 3.42. The molecule has 2 aliphatic heterocycles. The molecule has 2 aromatic rings. The minimum atomic E-state index is -4.42. The molecule has 18 heteroatoms. The summed E-state index contributed by atoms with van der Waals surface area (Å²) in [6.45, 7) is 4.64. The number of carbonyl (C=O) groups excluding carboxylic acids is 5. The lowest BCUT2D eigenvalue weighted by Crippen LogP contribution is -2.57. The van der Waals surface area contributed by atoms with Crippen LogP contribution in [0.3, 0.4) is 0 Å². The summed E-state index contributed by atoms with van der Waals surface area (Å²) in [5.74, 6) is -2.88. The third-order valence-corrected chi connectivity index (χ3v) is 10.4. The number of aromatic nitrogens is 1. The lowest BCUT2D eigenvalue weighted by molar-refractivity contribution is -0.149. The first-order valence-electron chi connectivity index (χ1n) is 17.4. The maximum Gasteiger partial charge on any atom is 0.409 e. The Labute approximate surface area is 308 Å². The lowest BCUT2D eigenvalue weighted by atomic mass is 10.1. The topological polar surface area (TPSA) is 192 Å². The molecule has 3 heterocycles. The van der Waals surface area contributed by atoms with Crippen LogP contribution in [-0.2, 0) is 46.9 Å². The first kappa shape index (κ1) is 41.2. The van der Waals surface area contributed by atoms with Gasteiger partial charge in [0.05, 0.1) is 24.6 Å². The largest absolute Gasteiger partial charge is 0.449 e. The van der Waals surface area contributed by atoms with Gasteiger partial charge in [-0.1, -0.05) is 43.7 Å². The molecule has 290 valence electrons. The van der Waals surface area contributed by atoms with Crippen LogP contribution in [-0.4, -0.2) is 130 Å². The van der Waals surface area contributed by atoms with Gasteiger partial charge in [0.2, 0.25) is 19.5 Å². The number of unbranched alkanes of at least 4 members (excludes halogenated alkanes) is 1. The molecule has 53 heavy (non-hydrogen) atoms. The molecule has 3 amide bonds. The van der Waals surface area contributed by atoms with Crippen molar-refractivity contribution in [3.8, 4) is 11.3 Å². The number of esters is 2. The first-order chi connectivity index (χ1) is 25.4. The van der Waals surface area contributed by atoms with Crippen LogP contribution in [0.1, 0.15) is 50.5 Å². The maximum absolute atomic E-state index is 14.2. The van der Waals surface area contributed by atoms with Crippen molar-refractivity contribution in [2.75, 3.05) is 77.6 Å². The summed E-state index contributed by atoms with van der Waals surface area (Å²) in [4.78, 5) is 73.3. The Bertz CT molecular complexity index is 1600. The number of nitrogens with zero attached hydrogens (tertiary/aromatic N) is 4. The van der Waals surface area contributed by atoms with Crippen LogP contribution < -0.4 is 10.2 Å². The Morgan fingerprint density at radius 2 is 1.55 bits per heavy atom. The van der Waals surface area contributed by atoms with Gasteiger partial charge in [0.25, 0.3) is 5.91 Å². The van der Waals surface area contributed by atoms with Crippen molar-refractivity contribution in [2.45, 2.75) is 52.2 Å². The smallest absolute Gasteiger partial charge is 0.409 e. The molecule has 0 spiro atoms. The number of benzene rings is 1. The molecular formula is C35H48N5O12P. The van der Waals surface area contributed by atoms with Gasteiger partial charge in [-0.25, -0.2) is 9.78 Å². The van der Waals surface area contributed by atoms with E-state index in [0.717, 1.165) is 38.7 Å². The Morgan fingerprint density at radius 1 is 0.906 bits per heavy atom. The average Bonchev–Trinajstić information content (AvgIpc) is 3.64. The number of pyridine rings is 1. The molecule has 4 rings (SSSR count). The van der Waals surface area contributed by atoms with Gasteiger partial charge >= 0.3 is 25.6 Å². The molecule has 0 radical (unpaired) electrons. The minimum Gasteiger partial charge on any atom is -0.449 e. The fourth-order valence-electron chi connectivity index (χ4n) is 5.62. The van der Waals surface area contributed by atoms with Gasteiger partial charge in [-0.3, -0.25) is 32.8 Å². The van der Waals surface area contributed by atoms with Crippen molar-refractivity contribution < 1.29 is 56.5 Å². The van der Waals surface area contributed by atoms with Crippen molar-refractivity contribution in [1.82, 2.24) is 20.1 Å². The van der Waals surface area contributed by atoms with Crippen molar-refractivity contribution in [2.24, 2.45) is 0 Å². The summed E-state index contributed by atoms with van der Waals surface area (Å²) in [5.41, 5.74) is 1.97. The van der Waals surface area contributed by atoms with Crippen LogP contribution in [0.5, 0.6) is 0 Å². The highest BCUT2D eigenvalue weighted by molar-refractivity contribution is 7.54. The minimum absolute atomic E-state index is 0.00869. The van der Waals surface area contributed by atoms with Gasteiger partial charge in [-0.05, 0) is 25.0 Å². The first-order valence-corrected chi connectivity index (χ1v) is 19.2. The molecule has 1 N–H and O–H groups in total. The molecule has 0 saturated carbocycles. The highest BCUT2D eigenvalue weighted by atomic mass is 31.2. The molecule has 2 fully saturated rings. The molecule has 0 bridgehead atoms. The number of ether oxygens (including phenoxy) is 4. The van der Waals surface area contributed by atoms with Crippen molar-refractivity contribution in [3.05, 3.63) is 48.2 Å². The number of methoxy groups -OCH3 is 1. The van der Waals surface area contributed by atoms with E-state index in [2.05, 4.69) is 15.2 Å². The highest BCUT2D eigenvalue weighted by Crippen LogP contribution is 2.49. The van der Waals surface area contributed by atoms with Gasteiger partial charge < -0.3 is 39.0 Å². The quantitative estimate of drug-likeness (QED) is 0.0811. The Balaban J connectivity index is 1.63. The van der Waals surface area contributed by atoms with Crippen molar-refractivity contribution >= 4 is 43.1 Å². The molecule has 1 aromatic heterocycles. The monoisotopic (exact) mass is 761 g/mol. The summed E-state index contributed by atoms with van der Waals surface area (Å²) in [6, 6.07) is 11.2. The van der Waals surface area contributed by atoms with E-state index in [1.807, 2.05) is 43.3 Å². The number of nitrogens with one attached hydrogen (secondary N) is 1. The van der Waals surface area contributed by atoms with E-state index in [1.165, 1.54) is 9.80 Å². The second kappa shape index (κ2) is 20.0. The van der Waals surface area contributed by atoms with Crippen LogP contribution in [0.4, 0.5) is 10.5 Å². The molecule has 2 aliphatic rings. The summed E-state index contributed by atoms with van der Waals surface area (Å²) < 4.78 is 45.1. The van der Waals surface area contributed by atoms with E-state index >= 15 is 0 Å². The normalized spacial score (nSPS) is 16.5. The summed E-state index contributed by atoms with van der Waals surface area (Å²) in [7, 11) is -2.77. The van der Waals surface area contributed by atoms with E-state index < -0.39 is 63.2 Å². The van der Waals surface area contributed by atoms with E-state index in [9.17, 15) is 28.5 Å². The van der Waals surface area contributed by atoms with Crippen molar-refractivity contribution in [1.29, 1.82) is 0 Å². The van der Waals surface area contributed by atoms with Gasteiger partial charge in [0.15, 0.2) is 0 Å². The Morgan fingerprint density at radius 3 is 2.13 bits per heavy atom. The van der Waals surface area contributed by atoms with E-state index in [-0.39, 0.29) is 44.6 Å². The van der Waals surface area contributed by atoms with Crippen molar-refractivity contribution in [3.63, 3.8) is 0 Å². The fourth-order valence-corrected chi connectivity index (χ4v) is 7.02. The molecular weight excluding hydrogens is 713 g/mol. The van der Waals surface area contributed by atoms with Gasteiger partial charge in [-0.2, -0.15) is 0 Å². The molecule has 0 unspecified atom stereocenters. The molecule has 17 nitrogen and oxygen atoms in total. The summed E-state index contributed by atoms with van der Waals surface area (Å²) in [6.07, 6.45) is 1.16. The number of amides is 3. The van der Waals surface area contributed by atoms with Gasteiger partial charge in [0.1, 0.15) is 11.7 Å². The van der Waals surface area contributed by atoms with Crippen LogP contribution in [0, 0.1) is 0 Å². The SMILES string of the molecule is CCCCOC(=O)N1CCN(C(=O)[C@H](CP(=O)(OCOC(C)=O)OCOC(C)=O)NC(=O)c2cc(N3CC[C@H](OC)C3)cc(-c3ccccc3)n2)CC1. The highest BCUT2D eigenvalue weighted by Gasteiger charge is 2.39. The van der Waals surface area contributed by atoms with Crippen LogP contribution in [0.25, 0.3) is 11.3 Å². The van der Waals surface area contributed by atoms with E-state index in [1.54, 1.807) is 13.2 Å². The average molecular weight is 762 g/mol. The zero-order chi connectivity index (χ0) is 38.4. The molecule has 2 saturated heterocycles. The maximum atomic E-state index is 14.2. The predicted molar refractivity (Wildman–Crippen MR) is 191 cm³/mol. The van der Waals surface area contributed by atoms with Crippen LogP contribution >= 0.6 is 7.60 Å². The third-order valence-electron chi connectivity index (χ3n) is 8.56. The zero-order valence-corrected chi connectivity index (χ0v) is 31.4. The Kier molecular flexibility index (Phi) is 15.6. The summed E-state index contributed by atoms with van der Waals surface area (Å²) >= 11 is 0. The number of carbonyl (C=O) groups is 5. The molecule has 0 aliphatic carbocycles. The summed E-state index contributed by atoms with van der Waals surface area (Å²) in [5, 5.41) is 2.68. The standard InChI is InChI=1S/C35H48N5O12P/c1-5-6-18-48-35(45)39-16-14-38(15-17-39)34(44)32(22-53(46,51-23-49-25(2)41)52-24-50-26(3)42)37-33(43)31-20-28(40-13-12-29(21-40)47-4)19-30(36-31)27-10-8-7-9-11-27/h7-11,19-20,29,32H,5-6,12-18,21-24H2,1-4H3,(H,37,43)/t29-,32-/m0/s1. The second-order valence-electron chi connectivity index (χ2n) is 12.4. The number of hydrogen-bond donors (Lipinski definition) is 1. The van der Waals surface area contributed by atoms with Gasteiger partial charge in [-0.15, -0.1) is 0 Å². The van der Waals surface area contributed by atoms with E-state index in [4.69, 9.17) is 28.0 Å². The van der Waals surface area contributed by atoms with Gasteiger partial charge in [0, 0.05) is 71.5 Å². The molecule has 2 atom stereocenters. The third kappa shape index (κ3) is 12.5. The number of piperazine rings is 1. The molecule has 1 aromatic carbocycles. The lowest BCUT2D eigenvalue weighted by Gasteiger charge is -2.36. The van der Waals surface area contributed by atoms with Crippen LogP contribution in [0.15, 0.2) is 42.5 Å². The fraction of sp³-hybridized carbons (Fsp3) is 0.543. The van der Waals surface area contributed by atoms with Crippen LogP contribution in [0.2, 0.25) is 0 Å². The number of rotatable bonds is 17. The second-order valence-corrected chi connectivity index (χ2v) is 14.5.